The van der Waals surface area contributed by atoms with Gasteiger partial charge in [0.1, 0.15) is 11.4 Å². The third-order valence-electron chi connectivity index (χ3n) is 3.71. The summed E-state index contributed by atoms with van der Waals surface area (Å²) in [4.78, 5) is 12.5. The van der Waals surface area contributed by atoms with Crippen molar-refractivity contribution in [3.63, 3.8) is 0 Å². The number of hydrogen-bond donors (Lipinski definition) is 2. The zero-order chi connectivity index (χ0) is 14.6. The molecule has 2 rings (SSSR count). The second kappa shape index (κ2) is 6.03. The highest BCUT2D eigenvalue weighted by molar-refractivity contribution is 6.09. The first-order valence-electron chi connectivity index (χ1n) is 6.59. The van der Waals surface area contributed by atoms with Crippen molar-refractivity contribution in [3.8, 4) is 0 Å². The van der Waals surface area contributed by atoms with Crippen LogP contribution < -0.4 is 10.6 Å². The molecule has 0 aliphatic heterocycles. The van der Waals surface area contributed by atoms with Gasteiger partial charge in [-0.05, 0) is 20.2 Å². The molecule has 0 bridgehead atoms. The molecule has 0 fully saturated rings. The number of carbonyl (C=O) groups excluding carboxylic acids is 1. The number of methoxy groups -OCH3 is 1. The van der Waals surface area contributed by atoms with Crippen LogP contribution in [0.2, 0.25) is 0 Å². The minimum Gasteiger partial charge on any atom is -0.498 e. The number of rotatable bonds is 5. The summed E-state index contributed by atoms with van der Waals surface area (Å²) in [5.74, 6) is 0.819. The number of benzene rings is 1. The number of ether oxygens (including phenoxy) is 1. The minimum atomic E-state index is -0.538. The van der Waals surface area contributed by atoms with Crippen LogP contribution >= 0.6 is 0 Å². The van der Waals surface area contributed by atoms with Gasteiger partial charge in [0.15, 0.2) is 5.78 Å². The number of Topliss-reactive ketones (excluding diaryl/α,β-unsaturated/α-hetero) is 1. The number of nitrogens with one attached hydrogen (secondary N) is 2. The van der Waals surface area contributed by atoms with E-state index in [9.17, 15) is 4.79 Å². The van der Waals surface area contributed by atoms with E-state index in [1.165, 1.54) is 0 Å². The molecule has 0 heterocycles. The van der Waals surface area contributed by atoms with Gasteiger partial charge in [0.05, 0.1) is 7.11 Å². The molecule has 0 atom stereocenters. The third kappa shape index (κ3) is 2.53. The summed E-state index contributed by atoms with van der Waals surface area (Å²) in [7, 11) is 5.33. The fourth-order valence-electron chi connectivity index (χ4n) is 2.47. The quantitative estimate of drug-likeness (QED) is 0.634. The van der Waals surface area contributed by atoms with Crippen molar-refractivity contribution in [3.05, 3.63) is 59.4 Å². The van der Waals surface area contributed by atoms with Crippen LogP contribution in [0.4, 0.5) is 0 Å². The second-order valence-electron chi connectivity index (χ2n) is 4.70. The molecule has 20 heavy (non-hydrogen) atoms. The Morgan fingerprint density at radius 2 is 1.80 bits per heavy atom. The summed E-state index contributed by atoms with van der Waals surface area (Å²) >= 11 is 0. The molecule has 0 saturated carbocycles. The van der Waals surface area contributed by atoms with E-state index in [1.54, 1.807) is 7.11 Å². The molecule has 0 unspecified atom stereocenters. The molecule has 1 aliphatic carbocycles. The minimum absolute atomic E-state index is 0.0480. The Bertz CT molecular complexity index is 543. The highest BCUT2D eigenvalue weighted by Crippen LogP contribution is 2.29. The SMILES string of the molecule is CNC1(NC)CC(C(=O)c2ccccc2)=CC=C1OC. The molecule has 0 spiro atoms. The highest BCUT2D eigenvalue weighted by atomic mass is 16.5. The lowest BCUT2D eigenvalue weighted by atomic mass is 9.88. The van der Waals surface area contributed by atoms with Crippen LogP contribution in [0.1, 0.15) is 16.8 Å². The lowest BCUT2D eigenvalue weighted by Crippen LogP contribution is -2.57. The third-order valence-corrected chi connectivity index (χ3v) is 3.71. The lowest BCUT2D eigenvalue weighted by molar-refractivity contribution is 0.101. The molecular weight excluding hydrogens is 252 g/mol. The van der Waals surface area contributed by atoms with Crippen LogP contribution in [0.15, 0.2) is 53.8 Å². The average Bonchev–Trinajstić information content (AvgIpc) is 2.54. The molecule has 1 aromatic rings. The monoisotopic (exact) mass is 272 g/mol. The summed E-state index contributed by atoms with van der Waals surface area (Å²) in [6.07, 6.45) is 4.21. The number of carbonyl (C=O) groups is 1. The van der Waals surface area contributed by atoms with E-state index in [1.807, 2.05) is 56.6 Å². The van der Waals surface area contributed by atoms with Crippen molar-refractivity contribution >= 4 is 5.78 Å². The predicted octanol–water partition coefficient (Wildman–Crippen LogP) is 1.86. The van der Waals surface area contributed by atoms with Gasteiger partial charge < -0.3 is 4.74 Å². The van der Waals surface area contributed by atoms with E-state index in [0.717, 1.165) is 11.3 Å². The van der Waals surface area contributed by atoms with Crippen LogP contribution in [-0.4, -0.2) is 32.7 Å². The van der Waals surface area contributed by atoms with Crippen LogP contribution in [0, 0.1) is 0 Å². The van der Waals surface area contributed by atoms with Crippen molar-refractivity contribution in [2.24, 2.45) is 0 Å². The standard InChI is InChI=1S/C16H20N2O2/c1-17-16(18-2)11-13(9-10-14(16)20-3)15(19)12-7-5-4-6-8-12/h4-10,17-18H,11H2,1-3H3. The Labute approximate surface area is 119 Å². The van der Waals surface area contributed by atoms with Gasteiger partial charge in [-0.15, -0.1) is 0 Å². The smallest absolute Gasteiger partial charge is 0.189 e. The molecule has 0 radical (unpaired) electrons. The van der Waals surface area contributed by atoms with Crippen molar-refractivity contribution < 1.29 is 9.53 Å². The van der Waals surface area contributed by atoms with E-state index >= 15 is 0 Å². The molecule has 4 heteroatoms. The summed E-state index contributed by atoms with van der Waals surface area (Å²) < 4.78 is 5.40. The van der Waals surface area contributed by atoms with E-state index < -0.39 is 5.66 Å². The van der Waals surface area contributed by atoms with Gasteiger partial charge in [-0.25, -0.2) is 0 Å². The van der Waals surface area contributed by atoms with Gasteiger partial charge in [-0.2, -0.15) is 0 Å². The molecule has 4 nitrogen and oxygen atoms in total. The van der Waals surface area contributed by atoms with E-state index in [4.69, 9.17) is 4.74 Å². The van der Waals surface area contributed by atoms with E-state index in [2.05, 4.69) is 10.6 Å². The second-order valence-corrected chi connectivity index (χ2v) is 4.70. The molecule has 2 N–H and O–H groups in total. The van der Waals surface area contributed by atoms with Crippen molar-refractivity contribution in [1.29, 1.82) is 0 Å². The molecule has 106 valence electrons. The maximum absolute atomic E-state index is 12.5. The maximum Gasteiger partial charge on any atom is 0.189 e. The maximum atomic E-state index is 12.5. The number of hydrogen-bond acceptors (Lipinski definition) is 4. The molecule has 1 aliphatic rings. The van der Waals surface area contributed by atoms with E-state index in [0.29, 0.717) is 12.0 Å². The first kappa shape index (κ1) is 14.5. The van der Waals surface area contributed by atoms with Gasteiger partial charge in [0.25, 0.3) is 0 Å². The zero-order valence-electron chi connectivity index (χ0n) is 12.1. The van der Waals surface area contributed by atoms with E-state index in [-0.39, 0.29) is 5.78 Å². The first-order chi connectivity index (χ1) is 9.66. The van der Waals surface area contributed by atoms with Crippen LogP contribution in [0.5, 0.6) is 0 Å². The Morgan fingerprint density at radius 1 is 1.15 bits per heavy atom. The highest BCUT2D eigenvalue weighted by Gasteiger charge is 2.37. The Hall–Kier alpha value is -1.91. The first-order valence-corrected chi connectivity index (χ1v) is 6.59. The Balaban J connectivity index is 2.33. The number of ketones is 1. The Morgan fingerprint density at radius 3 is 2.35 bits per heavy atom. The number of likely N-dealkylation sites (N-methyl/N-ethyl adjacent to an activating group) is 2. The van der Waals surface area contributed by atoms with Gasteiger partial charge >= 0.3 is 0 Å². The van der Waals surface area contributed by atoms with Gasteiger partial charge in [0, 0.05) is 17.6 Å². The molecular formula is C16H20N2O2. The van der Waals surface area contributed by atoms with Gasteiger partial charge in [-0.1, -0.05) is 36.4 Å². The van der Waals surface area contributed by atoms with Crippen LogP contribution in [-0.2, 0) is 4.74 Å². The van der Waals surface area contributed by atoms with Crippen LogP contribution in [0.25, 0.3) is 0 Å². The summed E-state index contributed by atoms with van der Waals surface area (Å²) in [6.45, 7) is 0. The van der Waals surface area contributed by atoms with Gasteiger partial charge in [0.2, 0.25) is 0 Å². The molecule has 0 amide bonds. The molecule has 1 aromatic carbocycles. The lowest BCUT2D eigenvalue weighted by Gasteiger charge is -2.37. The van der Waals surface area contributed by atoms with Crippen molar-refractivity contribution in [2.75, 3.05) is 21.2 Å². The summed E-state index contributed by atoms with van der Waals surface area (Å²) in [5.41, 5.74) is 0.915. The average molecular weight is 272 g/mol. The topological polar surface area (TPSA) is 50.4 Å². The van der Waals surface area contributed by atoms with Crippen LogP contribution in [0.3, 0.4) is 0 Å². The summed E-state index contributed by atoms with van der Waals surface area (Å²) in [5, 5.41) is 6.41. The van der Waals surface area contributed by atoms with Crippen molar-refractivity contribution in [1.82, 2.24) is 10.6 Å². The summed E-state index contributed by atoms with van der Waals surface area (Å²) in [6, 6.07) is 9.31. The Kier molecular flexibility index (Phi) is 4.37. The van der Waals surface area contributed by atoms with Crippen molar-refractivity contribution in [2.45, 2.75) is 12.1 Å². The normalized spacial score (nSPS) is 17.1. The predicted molar refractivity (Wildman–Crippen MR) is 79.4 cm³/mol. The fourth-order valence-corrected chi connectivity index (χ4v) is 2.47. The van der Waals surface area contributed by atoms with Gasteiger partial charge in [-0.3, -0.25) is 15.4 Å². The largest absolute Gasteiger partial charge is 0.498 e. The molecule has 0 aromatic heterocycles. The fraction of sp³-hybridized carbons (Fsp3) is 0.312. The molecule has 0 saturated heterocycles. The number of allylic oxidation sites excluding steroid dienone is 2. The zero-order valence-corrected chi connectivity index (χ0v) is 12.1.